The van der Waals surface area contributed by atoms with Crippen molar-refractivity contribution < 1.29 is 18.4 Å². The van der Waals surface area contributed by atoms with Crippen molar-refractivity contribution in [3.8, 4) is 17.4 Å². The zero-order valence-electron chi connectivity index (χ0n) is 14.4. The molecule has 0 fully saturated rings. The van der Waals surface area contributed by atoms with Gasteiger partial charge in [0.1, 0.15) is 0 Å². The van der Waals surface area contributed by atoms with Crippen LogP contribution in [0.1, 0.15) is 5.69 Å². The van der Waals surface area contributed by atoms with Crippen LogP contribution in [0, 0.1) is 0 Å². The van der Waals surface area contributed by atoms with E-state index in [-0.39, 0.29) is 35.3 Å². The van der Waals surface area contributed by atoms with Crippen LogP contribution in [-0.4, -0.2) is 75.0 Å². The Morgan fingerprint density at radius 2 is 1.88 bits per heavy atom. The molecule has 0 bridgehead atoms. The van der Waals surface area contributed by atoms with E-state index >= 15 is 0 Å². The maximum atomic E-state index is 12.6. The van der Waals surface area contributed by atoms with Gasteiger partial charge in [-0.2, -0.15) is 4.98 Å². The average Bonchev–Trinajstić information content (AvgIpc) is 3.04. The zero-order chi connectivity index (χ0) is 17.1. The molecule has 0 saturated carbocycles. The molecule has 3 rings (SSSR count). The number of hydrogen-bond donors (Lipinski definition) is 1. The van der Waals surface area contributed by atoms with Gasteiger partial charge in [-0.3, -0.25) is 9.19 Å². The molecule has 3 aromatic rings. The van der Waals surface area contributed by atoms with E-state index in [1.54, 1.807) is 24.4 Å². The first kappa shape index (κ1) is 19.6. The van der Waals surface area contributed by atoms with Crippen molar-refractivity contribution in [2.24, 2.45) is 0 Å². The molecule has 0 aliphatic heterocycles. The van der Waals surface area contributed by atoms with E-state index in [0.29, 0.717) is 39.4 Å². The van der Waals surface area contributed by atoms with Gasteiger partial charge in [0.15, 0.2) is 22.3 Å². The molecule has 3 heterocycles. The van der Waals surface area contributed by atoms with E-state index < -0.39 is 10.8 Å². The largest absolute Gasteiger partial charge is 0.493 e. The smallest absolute Gasteiger partial charge is 0.215 e. The molecule has 1 radical (unpaired) electrons. The van der Waals surface area contributed by atoms with Gasteiger partial charge < -0.3 is 19.2 Å². The van der Waals surface area contributed by atoms with Crippen molar-refractivity contribution in [3.63, 3.8) is 0 Å². The quantitative estimate of drug-likeness (QED) is 0.652. The molecule has 0 aromatic carbocycles. The van der Waals surface area contributed by atoms with Crippen LogP contribution in [0.4, 0.5) is 0 Å². The minimum Gasteiger partial charge on any atom is -0.493 e. The van der Waals surface area contributed by atoms with Crippen LogP contribution in [0.5, 0.6) is 17.4 Å². The number of aromatic nitrogens is 4. The second kappa shape index (κ2) is 8.61. The Bertz CT molecular complexity index is 902. The van der Waals surface area contributed by atoms with Crippen molar-refractivity contribution in [1.82, 2.24) is 19.9 Å². The summed E-state index contributed by atoms with van der Waals surface area (Å²) in [5.41, 5.74) is 1.66. The van der Waals surface area contributed by atoms with Crippen LogP contribution in [0.25, 0.3) is 11.2 Å². The number of H-pyrrole nitrogens is 1. The number of aromatic amines is 1. The molecule has 0 amide bonds. The van der Waals surface area contributed by atoms with Gasteiger partial charge >= 0.3 is 0 Å². The molecule has 1 atom stereocenters. The maximum Gasteiger partial charge on any atom is 0.215 e. The monoisotopic (exact) mass is 371 g/mol. The summed E-state index contributed by atoms with van der Waals surface area (Å²) in [4.78, 5) is 15.7. The third-order valence-corrected chi connectivity index (χ3v) is 4.52. The summed E-state index contributed by atoms with van der Waals surface area (Å²) in [6.07, 6.45) is 1.58. The zero-order valence-corrected chi connectivity index (χ0v) is 17.2. The Morgan fingerprint density at radius 3 is 2.56 bits per heavy atom. The van der Waals surface area contributed by atoms with Gasteiger partial charge in [0.25, 0.3) is 0 Å². The average molecular weight is 371 g/mol. The maximum absolute atomic E-state index is 12.6. The number of fused-ring (bicyclic) bond motifs is 1. The van der Waals surface area contributed by atoms with E-state index in [2.05, 4.69) is 19.9 Å². The molecule has 0 aliphatic carbocycles. The number of nitrogens with zero attached hydrogens (tertiary/aromatic N) is 3. The van der Waals surface area contributed by atoms with Crippen LogP contribution < -0.4 is 14.2 Å². The van der Waals surface area contributed by atoms with Crippen molar-refractivity contribution >= 4 is 51.5 Å². The van der Waals surface area contributed by atoms with Crippen molar-refractivity contribution in [1.29, 1.82) is 0 Å². The molecule has 0 unspecified atom stereocenters. The summed E-state index contributed by atoms with van der Waals surface area (Å²) in [6, 6.07) is 5.17. The number of imidazole rings is 1. The molecular weight excluding hydrogens is 355 g/mol. The molecule has 1 N–H and O–H groups in total. The molecule has 3 aromatic heterocycles. The number of hydrogen-bond acceptors (Lipinski definition) is 7. The molecule has 10 heteroatoms. The van der Waals surface area contributed by atoms with Gasteiger partial charge in [-0.1, -0.05) is 0 Å². The van der Waals surface area contributed by atoms with E-state index in [1.807, 2.05) is 0 Å². The summed E-state index contributed by atoms with van der Waals surface area (Å²) < 4.78 is 28.2. The Labute approximate surface area is 169 Å². The SMILES string of the molecule is COc1ccc2[nH]c([S@@](=O)Cc3nccc(OC)c3OC)nc2n1.[Na]. The standard InChI is InChI=1S/C15H16N4O4S.Na/c1-21-11-6-7-16-10(13(11)23-3)8-24(20)15-17-9-4-5-12(22-2)18-14(9)19-15;/h4-7H,8H2,1-3H3,(H,17,18,19);/t24-;/m0./s1. The number of nitrogens with one attached hydrogen (secondary N) is 1. The molecule has 0 saturated heterocycles. The molecule has 25 heavy (non-hydrogen) atoms. The number of pyridine rings is 2. The Hall–Kier alpha value is -1.68. The van der Waals surface area contributed by atoms with Crippen LogP contribution in [0.15, 0.2) is 29.6 Å². The van der Waals surface area contributed by atoms with Crippen LogP contribution in [0.3, 0.4) is 0 Å². The second-order valence-corrected chi connectivity index (χ2v) is 6.12. The first-order chi connectivity index (χ1) is 11.7. The minimum absolute atomic E-state index is 0. The third-order valence-electron chi connectivity index (χ3n) is 3.36. The van der Waals surface area contributed by atoms with Gasteiger partial charge in [-0.15, -0.1) is 0 Å². The fourth-order valence-corrected chi connectivity index (χ4v) is 3.22. The third kappa shape index (κ3) is 4.12. The van der Waals surface area contributed by atoms with Gasteiger partial charge in [0, 0.05) is 47.9 Å². The van der Waals surface area contributed by atoms with E-state index in [0.717, 1.165) is 0 Å². The Morgan fingerprint density at radius 1 is 1.08 bits per heavy atom. The van der Waals surface area contributed by atoms with Gasteiger partial charge in [0.05, 0.1) is 49.1 Å². The number of rotatable bonds is 6. The Balaban J connectivity index is 0.00000225. The van der Waals surface area contributed by atoms with Crippen LogP contribution >= 0.6 is 0 Å². The normalized spacial score (nSPS) is 11.6. The van der Waals surface area contributed by atoms with Gasteiger partial charge in [0.2, 0.25) is 5.88 Å². The van der Waals surface area contributed by atoms with E-state index in [1.165, 1.54) is 21.3 Å². The summed E-state index contributed by atoms with van der Waals surface area (Å²) in [5, 5.41) is 0.317. The minimum atomic E-state index is -1.44. The predicted molar refractivity (Wildman–Crippen MR) is 93.6 cm³/mol. The molecule has 0 spiro atoms. The van der Waals surface area contributed by atoms with Crippen molar-refractivity contribution in [2.75, 3.05) is 21.3 Å². The molecule has 0 aliphatic rings. The first-order valence-electron chi connectivity index (χ1n) is 7.01. The molecular formula is C15H16N4NaO4S. The summed E-state index contributed by atoms with van der Waals surface area (Å²) in [7, 11) is 3.14. The topological polar surface area (TPSA) is 99.2 Å². The molecule has 8 nitrogen and oxygen atoms in total. The fourth-order valence-electron chi connectivity index (χ4n) is 2.22. The van der Waals surface area contributed by atoms with Gasteiger partial charge in [-0.05, 0) is 6.07 Å². The van der Waals surface area contributed by atoms with E-state index in [4.69, 9.17) is 14.2 Å². The van der Waals surface area contributed by atoms with Crippen LogP contribution in [-0.2, 0) is 16.6 Å². The first-order valence-corrected chi connectivity index (χ1v) is 8.33. The van der Waals surface area contributed by atoms with Gasteiger partial charge in [-0.25, -0.2) is 4.98 Å². The summed E-state index contributed by atoms with van der Waals surface area (Å²) >= 11 is 0. The Kier molecular flexibility index (Phi) is 6.77. The summed E-state index contributed by atoms with van der Waals surface area (Å²) in [5.74, 6) is 1.58. The van der Waals surface area contributed by atoms with Crippen molar-refractivity contribution in [2.45, 2.75) is 10.9 Å². The number of methoxy groups -OCH3 is 3. The molecule has 127 valence electrons. The predicted octanol–water partition coefficient (Wildman–Crippen LogP) is 1.31. The van der Waals surface area contributed by atoms with Crippen LogP contribution in [0.2, 0.25) is 0 Å². The number of ether oxygens (including phenoxy) is 3. The summed E-state index contributed by atoms with van der Waals surface area (Å²) in [6.45, 7) is 0. The van der Waals surface area contributed by atoms with E-state index in [9.17, 15) is 4.21 Å². The second-order valence-electron chi connectivity index (χ2n) is 4.75. The van der Waals surface area contributed by atoms with Crippen molar-refractivity contribution in [3.05, 3.63) is 30.1 Å². The fraction of sp³-hybridized carbons (Fsp3) is 0.267.